The lowest BCUT2D eigenvalue weighted by atomic mass is 10.4. The normalized spacial score (nSPS) is 26.5. The van der Waals surface area contributed by atoms with Crippen LogP contribution in [0, 0.1) is 6.61 Å². The minimum Gasteiger partial charge on any atom is -0.196 e. The molecule has 1 aliphatic heterocycles. The molecule has 0 aromatic heterocycles. The van der Waals surface area contributed by atoms with Gasteiger partial charge in [-0.25, -0.2) is 0 Å². The first-order valence-corrected chi connectivity index (χ1v) is 4.01. The molecule has 0 atom stereocenters. The Kier molecular flexibility index (Phi) is 1.44. The van der Waals surface area contributed by atoms with Crippen LogP contribution in [0.25, 0.3) is 0 Å². The van der Waals surface area contributed by atoms with Gasteiger partial charge in [-0.3, -0.25) is 0 Å². The maximum Gasteiger partial charge on any atom is 0.306 e. The standard InChI is InChI=1S/C4H7O3S/c5-8(6)4-2-1-3-7-8/h3H,1-2,4H2/q+1. The van der Waals surface area contributed by atoms with Gasteiger partial charge >= 0.3 is 10.1 Å². The van der Waals surface area contributed by atoms with Gasteiger partial charge in [0.15, 0.2) is 0 Å². The molecule has 1 aliphatic rings. The van der Waals surface area contributed by atoms with E-state index in [1.54, 1.807) is 0 Å². The molecule has 0 radical (unpaired) electrons. The van der Waals surface area contributed by atoms with Crippen molar-refractivity contribution in [2.45, 2.75) is 12.8 Å². The van der Waals surface area contributed by atoms with Gasteiger partial charge in [-0.1, -0.05) is 4.18 Å². The first-order chi connectivity index (χ1) is 3.71. The van der Waals surface area contributed by atoms with Crippen molar-refractivity contribution in [3.63, 3.8) is 0 Å². The summed E-state index contributed by atoms with van der Waals surface area (Å²) in [5.74, 6) is 0.170. The van der Waals surface area contributed by atoms with Crippen LogP contribution < -0.4 is 0 Å². The molecular weight excluding hydrogens is 128 g/mol. The third-order valence-electron chi connectivity index (χ3n) is 0.931. The van der Waals surface area contributed by atoms with Crippen molar-refractivity contribution in [3.05, 3.63) is 6.61 Å². The van der Waals surface area contributed by atoms with Gasteiger partial charge in [-0.2, -0.15) is 8.42 Å². The van der Waals surface area contributed by atoms with Crippen LogP contribution in [0.4, 0.5) is 0 Å². The Hall–Kier alpha value is -0.220. The summed E-state index contributed by atoms with van der Waals surface area (Å²) in [5, 5.41) is 0. The lowest BCUT2D eigenvalue weighted by Gasteiger charge is -1.99. The second kappa shape index (κ2) is 1.95. The van der Waals surface area contributed by atoms with E-state index in [0.717, 1.165) is 6.42 Å². The van der Waals surface area contributed by atoms with E-state index in [0.29, 0.717) is 6.42 Å². The predicted molar refractivity (Wildman–Crippen MR) is 28.4 cm³/mol. The average molecular weight is 135 g/mol. The molecule has 0 amide bonds. The van der Waals surface area contributed by atoms with Gasteiger partial charge in [-0.15, -0.1) is 0 Å². The Balaban J connectivity index is 2.58. The highest BCUT2D eigenvalue weighted by Gasteiger charge is 2.23. The number of rotatable bonds is 0. The van der Waals surface area contributed by atoms with Gasteiger partial charge < -0.3 is 0 Å². The van der Waals surface area contributed by atoms with E-state index in [9.17, 15) is 8.42 Å². The molecule has 0 aliphatic carbocycles. The number of hydrogen-bond acceptors (Lipinski definition) is 3. The predicted octanol–water partition coefficient (Wildman–Crippen LogP) is 0.288. The molecule has 0 aromatic carbocycles. The zero-order valence-electron chi connectivity index (χ0n) is 4.33. The molecular formula is C4H7O3S+. The zero-order valence-corrected chi connectivity index (χ0v) is 5.15. The van der Waals surface area contributed by atoms with Gasteiger partial charge in [0.2, 0.25) is 6.61 Å². The fraction of sp³-hybridized carbons (Fsp3) is 0.750. The Morgan fingerprint density at radius 1 is 1.50 bits per heavy atom. The Morgan fingerprint density at radius 2 is 2.25 bits per heavy atom. The van der Waals surface area contributed by atoms with Crippen molar-refractivity contribution in [2.75, 3.05) is 5.75 Å². The van der Waals surface area contributed by atoms with Crippen LogP contribution in [-0.4, -0.2) is 14.2 Å². The molecule has 0 spiro atoms. The Morgan fingerprint density at radius 3 is 2.50 bits per heavy atom. The molecule has 0 saturated carbocycles. The molecule has 1 fully saturated rings. The molecule has 3 nitrogen and oxygen atoms in total. The van der Waals surface area contributed by atoms with E-state index < -0.39 is 10.1 Å². The lowest BCUT2D eigenvalue weighted by Crippen LogP contribution is -2.13. The van der Waals surface area contributed by atoms with Crippen LogP contribution in [-0.2, 0) is 14.3 Å². The summed E-state index contributed by atoms with van der Waals surface area (Å²) in [5.41, 5.74) is 0. The van der Waals surface area contributed by atoms with Crippen LogP contribution in [0.2, 0.25) is 0 Å². The third-order valence-corrected chi connectivity index (χ3v) is 2.15. The summed E-state index contributed by atoms with van der Waals surface area (Å²) in [7, 11) is -3.14. The van der Waals surface area contributed by atoms with E-state index in [2.05, 4.69) is 4.18 Å². The van der Waals surface area contributed by atoms with Crippen LogP contribution >= 0.6 is 0 Å². The molecule has 8 heavy (non-hydrogen) atoms. The van der Waals surface area contributed by atoms with Crippen molar-refractivity contribution >= 4 is 10.1 Å². The van der Waals surface area contributed by atoms with E-state index in [-0.39, 0.29) is 5.75 Å². The smallest absolute Gasteiger partial charge is 0.196 e. The highest BCUT2D eigenvalue weighted by molar-refractivity contribution is 7.86. The maximum absolute atomic E-state index is 10.4. The van der Waals surface area contributed by atoms with E-state index in [1.807, 2.05) is 0 Å². The van der Waals surface area contributed by atoms with Crippen molar-refractivity contribution in [3.8, 4) is 0 Å². The topological polar surface area (TPSA) is 43.4 Å². The molecule has 0 unspecified atom stereocenters. The van der Waals surface area contributed by atoms with Crippen molar-refractivity contribution in [2.24, 2.45) is 0 Å². The van der Waals surface area contributed by atoms with Gasteiger partial charge in [0.1, 0.15) is 6.42 Å². The fourth-order valence-corrected chi connectivity index (χ4v) is 1.46. The average Bonchev–Trinajstić information content (AvgIpc) is 1.65. The van der Waals surface area contributed by atoms with Crippen LogP contribution in [0.3, 0.4) is 0 Å². The summed E-state index contributed by atoms with van der Waals surface area (Å²) in [6, 6.07) is 0. The van der Waals surface area contributed by atoms with E-state index in [4.69, 9.17) is 0 Å². The first-order valence-electron chi connectivity index (χ1n) is 2.43. The van der Waals surface area contributed by atoms with Crippen molar-refractivity contribution < 1.29 is 12.6 Å². The lowest BCUT2D eigenvalue weighted by molar-refractivity contribution is 0.360. The van der Waals surface area contributed by atoms with Crippen LogP contribution in [0.1, 0.15) is 12.8 Å². The largest absolute Gasteiger partial charge is 0.306 e. The number of hydrogen-bond donors (Lipinski definition) is 0. The monoisotopic (exact) mass is 135 g/mol. The van der Waals surface area contributed by atoms with Gasteiger partial charge in [0, 0.05) is 6.42 Å². The molecule has 1 saturated heterocycles. The minimum absolute atomic E-state index is 0.170. The van der Waals surface area contributed by atoms with E-state index >= 15 is 0 Å². The molecule has 0 aromatic rings. The Bertz CT molecular complexity index is 146. The van der Waals surface area contributed by atoms with Gasteiger partial charge in [-0.05, 0) is 0 Å². The summed E-state index contributed by atoms with van der Waals surface area (Å²) in [6.07, 6.45) is 1.45. The molecule has 0 N–H and O–H groups in total. The van der Waals surface area contributed by atoms with Crippen molar-refractivity contribution in [1.82, 2.24) is 0 Å². The fourth-order valence-electron chi connectivity index (χ4n) is 0.543. The molecule has 0 bridgehead atoms. The maximum atomic E-state index is 10.4. The summed E-state index contributed by atoms with van der Waals surface area (Å²) >= 11 is 0. The molecule has 1 heterocycles. The van der Waals surface area contributed by atoms with Crippen molar-refractivity contribution in [1.29, 1.82) is 0 Å². The molecule has 46 valence electrons. The van der Waals surface area contributed by atoms with Gasteiger partial charge in [0.25, 0.3) is 0 Å². The zero-order chi connectivity index (χ0) is 6.04. The highest BCUT2D eigenvalue weighted by atomic mass is 32.2. The second-order valence-corrected chi connectivity index (χ2v) is 3.38. The summed E-state index contributed by atoms with van der Waals surface area (Å²) < 4.78 is 25.1. The molecule has 1 rings (SSSR count). The highest BCUT2D eigenvalue weighted by Crippen LogP contribution is 2.10. The van der Waals surface area contributed by atoms with Gasteiger partial charge in [0.05, 0.1) is 5.75 Å². The first kappa shape index (κ1) is 5.91. The van der Waals surface area contributed by atoms with E-state index in [1.165, 1.54) is 6.61 Å². The Labute approximate surface area is 48.8 Å². The molecule has 4 heteroatoms. The minimum atomic E-state index is -3.14. The third kappa shape index (κ3) is 1.38. The SMILES string of the molecule is O=S1(=O)CCC[CH+]O1. The van der Waals surface area contributed by atoms with Crippen LogP contribution in [0.15, 0.2) is 0 Å². The summed E-state index contributed by atoms with van der Waals surface area (Å²) in [6.45, 7) is 1.33. The quantitative estimate of drug-likeness (QED) is 0.354. The summed E-state index contributed by atoms with van der Waals surface area (Å²) in [4.78, 5) is 0. The second-order valence-electron chi connectivity index (χ2n) is 1.67. The van der Waals surface area contributed by atoms with Crippen LogP contribution in [0.5, 0.6) is 0 Å².